The average Bonchev–Trinajstić information content (AvgIpc) is 2.72. The van der Waals surface area contributed by atoms with Crippen LogP contribution >= 0.6 is 11.8 Å². The van der Waals surface area contributed by atoms with Crippen molar-refractivity contribution < 1.29 is 0 Å². The predicted molar refractivity (Wildman–Crippen MR) is 89.7 cm³/mol. The van der Waals surface area contributed by atoms with E-state index in [-0.39, 0.29) is 0 Å². The monoisotopic (exact) mass is 288 g/mol. The van der Waals surface area contributed by atoms with E-state index in [1.807, 2.05) is 11.8 Å². The predicted octanol–water partition coefficient (Wildman–Crippen LogP) is 4.85. The van der Waals surface area contributed by atoms with Crippen LogP contribution in [0.15, 0.2) is 35.2 Å². The zero-order valence-electron chi connectivity index (χ0n) is 12.9. The Labute approximate surface area is 126 Å². The highest BCUT2D eigenvalue weighted by Crippen LogP contribution is 2.27. The fourth-order valence-corrected chi connectivity index (χ4v) is 3.40. The van der Waals surface area contributed by atoms with Gasteiger partial charge in [0, 0.05) is 35.1 Å². The van der Waals surface area contributed by atoms with E-state index in [0.717, 1.165) is 18.8 Å². The molecule has 1 heterocycles. The van der Waals surface area contributed by atoms with Crippen LogP contribution in [0.25, 0.3) is 0 Å². The average molecular weight is 288 g/mol. The van der Waals surface area contributed by atoms with Gasteiger partial charge in [-0.2, -0.15) is 0 Å². The Morgan fingerprint density at radius 1 is 1.15 bits per heavy atom. The Kier molecular flexibility index (Phi) is 5.18. The third-order valence-corrected chi connectivity index (χ3v) is 4.61. The van der Waals surface area contributed by atoms with Crippen molar-refractivity contribution in [1.29, 1.82) is 0 Å². The van der Waals surface area contributed by atoms with Crippen molar-refractivity contribution in [3.8, 4) is 0 Å². The number of hydrogen-bond acceptors (Lipinski definition) is 2. The number of aryl methyl sites for hydroxylation is 1. The molecule has 0 amide bonds. The lowest BCUT2D eigenvalue weighted by Gasteiger charge is -2.11. The smallest absolute Gasteiger partial charge is 0.0481 e. The molecule has 0 bridgehead atoms. The molecular formula is C17H24N2S. The molecule has 2 aromatic rings. The summed E-state index contributed by atoms with van der Waals surface area (Å²) >= 11 is 1.89. The maximum atomic E-state index is 3.59. The number of benzene rings is 1. The number of para-hydroxylation sites is 1. The highest BCUT2D eigenvalue weighted by Gasteiger charge is 2.08. The number of hydrogen-bond donors (Lipinski definition) is 1. The van der Waals surface area contributed by atoms with Crippen LogP contribution in [0.3, 0.4) is 0 Å². The van der Waals surface area contributed by atoms with Crippen molar-refractivity contribution in [2.75, 3.05) is 11.1 Å². The zero-order valence-corrected chi connectivity index (χ0v) is 13.7. The van der Waals surface area contributed by atoms with Crippen LogP contribution < -0.4 is 5.32 Å². The number of aromatic nitrogens is 1. The van der Waals surface area contributed by atoms with Crippen molar-refractivity contribution in [3.63, 3.8) is 0 Å². The van der Waals surface area contributed by atoms with E-state index in [1.54, 1.807) is 0 Å². The van der Waals surface area contributed by atoms with E-state index in [4.69, 9.17) is 0 Å². The van der Waals surface area contributed by atoms with E-state index in [1.165, 1.54) is 27.5 Å². The van der Waals surface area contributed by atoms with Gasteiger partial charge in [-0.05, 0) is 50.3 Å². The van der Waals surface area contributed by atoms with E-state index >= 15 is 0 Å². The zero-order chi connectivity index (χ0) is 14.5. The minimum Gasteiger partial charge on any atom is -0.380 e. The summed E-state index contributed by atoms with van der Waals surface area (Å²) in [4.78, 5) is 1.33. The lowest BCUT2D eigenvalue weighted by Crippen LogP contribution is -2.03. The van der Waals surface area contributed by atoms with Gasteiger partial charge < -0.3 is 9.88 Å². The summed E-state index contributed by atoms with van der Waals surface area (Å²) < 4.78 is 2.36. The first-order valence-corrected chi connectivity index (χ1v) is 8.27. The van der Waals surface area contributed by atoms with Crippen molar-refractivity contribution >= 4 is 17.4 Å². The highest BCUT2D eigenvalue weighted by atomic mass is 32.2. The van der Waals surface area contributed by atoms with Gasteiger partial charge in [-0.1, -0.05) is 19.1 Å². The summed E-state index contributed by atoms with van der Waals surface area (Å²) in [6.45, 7) is 10.7. The Balaban J connectivity index is 2.13. The highest BCUT2D eigenvalue weighted by molar-refractivity contribution is 7.99. The van der Waals surface area contributed by atoms with Gasteiger partial charge in [0.05, 0.1) is 0 Å². The van der Waals surface area contributed by atoms with Crippen LogP contribution in [-0.4, -0.2) is 10.3 Å². The molecule has 0 aliphatic carbocycles. The molecule has 0 unspecified atom stereocenters. The van der Waals surface area contributed by atoms with Crippen LogP contribution in [0, 0.1) is 13.8 Å². The third-order valence-electron chi connectivity index (χ3n) is 3.65. The maximum Gasteiger partial charge on any atom is 0.0481 e. The summed E-state index contributed by atoms with van der Waals surface area (Å²) in [5, 5.41) is 3.59. The molecule has 2 nitrogen and oxygen atoms in total. The van der Waals surface area contributed by atoms with Gasteiger partial charge in [0.25, 0.3) is 0 Å². The Morgan fingerprint density at radius 3 is 2.55 bits per heavy atom. The SMILES string of the molecule is CCSc1ccccc1NCc1cc(C)n(CC)c1C. The Morgan fingerprint density at radius 2 is 1.90 bits per heavy atom. The molecule has 0 aliphatic heterocycles. The van der Waals surface area contributed by atoms with Crippen molar-refractivity contribution in [2.45, 2.75) is 45.7 Å². The minimum atomic E-state index is 0.890. The molecule has 108 valence electrons. The summed E-state index contributed by atoms with van der Waals surface area (Å²) in [5.41, 5.74) is 5.34. The molecule has 1 aromatic heterocycles. The van der Waals surface area contributed by atoms with Crippen LogP contribution in [0.2, 0.25) is 0 Å². The van der Waals surface area contributed by atoms with Crippen LogP contribution in [0.5, 0.6) is 0 Å². The first-order valence-electron chi connectivity index (χ1n) is 7.28. The van der Waals surface area contributed by atoms with Gasteiger partial charge in [-0.25, -0.2) is 0 Å². The molecule has 0 atom stereocenters. The van der Waals surface area contributed by atoms with E-state index in [0.29, 0.717) is 0 Å². The fourth-order valence-electron chi connectivity index (χ4n) is 2.62. The molecule has 0 fully saturated rings. The first kappa shape index (κ1) is 15.0. The summed E-state index contributed by atoms with van der Waals surface area (Å²) in [5.74, 6) is 1.10. The lowest BCUT2D eigenvalue weighted by atomic mass is 10.2. The quantitative estimate of drug-likeness (QED) is 0.765. The van der Waals surface area contributed by atoms with Gasteiger partial charge in [0.15, 0.2) is 0 Å². The molecule has 0 radical (unpaired) electrons. The molecule has 1 aromatic carbocycles. The number of thioether (sulfide) groups is 1. The summed E-state index contributed by atoms with van der Waals surface area (Å²) in [6, 6.07) is 10.8. The molecule has 2 rings (SSSR count). The Bertz CT molecular complexity index is 572. The number of rotatable bonds is 6. The van der Waals surface area contributed by atoms with Gasteiger partial charge in [-0.15, -0.1) is 11.8 Å². The number of anilines is 1. The lowest BCUT2D eigenvalue weighted by molar-refractivity contribution is 0.715. The molecular weight excluding hydrogens is 264 g/mol. The molecule has 0 saturated carbocycles. The topological polar surface area (TPSA) is 17.0 Å². The fraction of sp³-hybridized carbons (Fsp3) is 0.412. The second-order valence-electron chi connectivity index (χ2n) is 4.92. The molecule has 0 saturated heterocycles. The van der Waals surface area contributed by atoms with Crippen molar-refractivity contribution in [2.24, 2.45) is 0 Å². The normalized spacial score (nSPS) is 10.8. The molecule has 1 N–H and O–H groups in total. The Hall–Kier alpha value is -1.35. The number of nitrogens with one attached hydrogen (secondary N) is 1. The second kappa shape index (κ2) is 6.89. The molecule has 0 aliphatic rings. The van der Waals surface area contributed by atoms with Gasteiger partial charge in [0.2, 0.25) is 0 Å². The summed E-state index contributed by atoms with van der Waals surface area (Å²) in [7, 11) is 0. The van der Waals surface area contributed by atoms with Crippen LogP contribution in [-0.2, 0) is 13.1 Å². The van der Waals surface area contributed by atoms with E-state index in [9.17, 15) is 0 Å². The van der Waals surface area contributed by atoms with Gasteiger partial charge in [-0.3, -0.25) is 0 Å². The minimum absolute atomic E-state index is 0.890. The standard InChI is InChI=1S/C17H24N2S/c1-5-19-13(3)11-15(14(19)4)12-18-16-9-7-8-10-17(16)20-6-2/h7-11,18H,5-6,12H2,1-4H3. The second-order valence-corrected chi connectivity index (χ2v) is 6.23. The molecule has 0 spiro atoms. The van der Waals surface area contributed by atoms with Gasteiger partial charge >= 0.3 is 0 Å². The van der Waals surface area contributed by atoms with Crippen molar-refractivity contribution in [1.82, 2.24) is 4.57 Å². The number of nitrogens with zero attached hydrogens (tertiary/aromatic N) is 1. The van der Waals surface area contributed by atoms with Crippen LogP contribution in [0.4, 0.5) is 5.69 Å². The maximum absolute atomic E-state index is 3.59. The van der Waals surface area contributed by atoms with Gasteiger partial charge in [0.1, 0.15) is 0 Å². The molecule has 3 heteroatoms. The largest absolute Gasteiger partial charge is 0.380 e. The van der Waals surface area contributed by atoms with Crippen molar-refractivity contribution in [3.05, 3.63) is 47.3 Å². The first-order chi connectivity index (χ1) is 9.67. The van der Waals surface area contributed by atoms with Crippen LogP contribution in [0.1, 0.15) is 30.8 Å². The third kappa shape index (κ3) is 3.21. The molecule has 20 heavy (non-hydrogen) atoms. The van der Waals surface area contributed by atoms with E-state index in [2.05, 4.69) is 67.9 Å². The van der Waals surface area contributed by atoms with E-state index < -0.39 is 0 Å². The summed E-state index contributed by atoms with van der Waals surface area (Å²) in [6.07, 6.45) is 0.